The molecule has 0 saturated carbocycles. The van der Waals surface area contributed by atoms with Crippen LogP contribution in [0.1, 0.15) is 12.8 Å². The number of primary amides is 1. The van der Waals surface area contributed by atoms with Crippen LogP contribution in [0.2, 0.25) is 0 Å². The number of nitriles is 1. The molecular weight excluding hydrogens is 156 g/mol. The predicted octanol–water partition coefficient (Wildman–Crippen LogP) is 0.102. The van der Waals surface area contributed by atoms with E-state index >= 15 is 0 Å². The van der Waals surface area contributed by atoms with E-state index in [0.29, 0.717) is 26.1 Å². The number of amides is 1. The fourth-order valence-electron chi connectivity index (χ4n) is 1.18. The van der Waals surface area contributed by atoms with Crippen LogP contribution in [0.5, 0.6) is 0 Å². The number of nitrogens with two attached hydrogens (primary N) is 1. The van der Waals surface area contributed by atoms with Crippen LogP contribution in [0.15, 0.2) is 11.1 Å². The molecule has 12 heavy (non-hydrogen) atoms. The molecule has 0 aromatic carbocycles. The Morgan fingerprint density at radius 1 is 1.50 bits per heavy atom. The second-order valence-electron chi connectivity index (χ2n) is 2.57. The molecule has 0 bridgehead atoms. The van der Waals surface area contributed by atoms with Crippen molar-refractivity contribution in [1.29, 1.82) is 5.26 Å². The first-order valence-electron chi connectivity index (χ1n) is 3.75. The van der Waals surface area contributed by atoms with Gasteiger partial charge in [0.2, 0.25) is 0 Å². The molecule has 1 rings (SSSR count). The van der Waals surface area contributed by atoms with Gasteiger partial charge in [-0.3, -0.25) is 4.79 Å². The van der Waals surface area contributed by atoms with Crippen molar-refractivity contribution in [2.75, 3.05) is 13.2 Å². The second kappa shape index (κ2) is 3.88. The summed E-state index contributed by atoms with van der Waals surface area (Å²) in [4.78, 5) is 10.7. The highest BCUT2D eigenvalue weighted by Gasteiger charge is 2.14. The lowest BCUT2D eigenvalue weighted by molar-refractivity contribution is -0.114. The van der Waals surface area contributed by atoms with Crippen LogP contribution >= 0.6 is 0 Å². The number of carbonyl (C=O) groups is 1. The Morgan fingerprint density at radius 3 is 2.50 bits per heavy atom. The van der Waals surface area contributed by atoms with Gasteiger partial charge in [-0.05, 0) is 18.4 Å². The average Bonchev–Trinajstić information content (AvgIpc) is 2.07. The first-order chi connectivity index (χ1) is 5.75. The van der Waals surface area contributed by atoms with Crippen LogP contribution in [0, 0.1) is 11.3 Å². The molecule has 2 N–H and O–H groups in total. The Morgan fingerprint density at radius 2 is 2.08 bits per heavy atom. The Bertz CT molecular complexity index is 255. The van der Waals surface area contributed by atoms with Crippen LogP contribution in [0.4, 0.5) is 0 Å². The molecule has 0 aliphatic carbocycles. The largest absolute Gasteiger partial charge is 0.381 e. The highest BCUT2D eigenvalue weighted by atomic mass is 16.5. The minimum Gasteiger partial charge on any atom is -0.381 e. The van der Waals surface area contributed by atoms with Crippen LogP contribution in [0.3, 0.4) is 0 Å². The Labute approximate surface area is 70.6 Å². The Hall–Kier alpha value is -1.34. The number of nitrogens with zero attached hydrogens (tertiary/aromatic N) is 1. The van der Waals surface area contributed by atoms with Crippen LogP contribution in [-0.4, -0.2) is 19.1 Å². The van der Waals surface area contributed by atoms with Crippen LogP contribution in [-0.2, 0) is 9.53 Å². The van der Waals surface area contributed by atoms with Crippen molar-refractivity contribution in [2.45, 2.75) is 12.8 Å². The molecule has 4 nitrogen and oxygen atoms in total. The maximum atomic E-state index is 10.7. The van der Waals surface area contributed by atoms with E-state index < -0.39 is 5.91 Å². The zero-order valence-electron chi connectivity index (χ0n) is 6.67. The molecule has 0 radical (unpaired) electrons. The van der Waals surface area contributed by atoms with Crippen molar-refractivity contribution >= 4 is 5.91 Å². The van der Waals surface area contributed by atoms with Gasteiger partial charge in [0, 0.05) is 0 Å². The van der Waals surface area contributed by atoms with Gasteiger partial charge < -0.3 is 10.5 Å². The summed E-state index contributed by atoms with van der Waals surface area (Å²) in [7, 11) is 0. The number of hydrogen-bond acceptors (Lipinski definition) is 3. The zero-order chi connectivity index (χ0) is 8.97. The minimum absolute atomic E-state index is 0.110. The number of ether oxygens (including phenoxy) is 1. The molecule has 1 aliphatic heterocycles. The standard InChI is InChI=1S/C8H10N2O2/c9-5-7(8(10)11)6-1-3-12-4-2-6/h1-4H2,(H2,10,11). The normalized spacial score (nSPS) is 16.8. The Kier molecular flexibility index (Phi) is 2.83. The van der Waals surface area contributed by atoms with Crippen molar-refractivity contribution in [3.8, 4) is 6.07 Å². The molecule has 0 spiro atoms. The first kappa shape index (κ1) is 8.75. The lowest BCUT2D eigenvalue weighted by Gasteiger charge is -2.14. The van der Waals surface area contributed by atoms with E-state index in [1.165, 1.54) is 0 Å². The summed E-state index contributed by atoms with van der Waals surface area (Å²) in [6.45, 7) is 1.15. The van der Waals surface area contributed by atoms with Crippen LogP contribution in [0.25, 0.3) is 0 Å². The summed E-state index contributed by atoms with van der Waals surface area (Å²) in [5.74, 6) is -0.630. The van der Waals surface area contributed by atoms with Gasteiger partial charge >= 0.3 is 0 Å². The first-order valence-corrected chi connectivity index (χ1v) is 3.75. The second-order valence-corrected chi connectivity index (χ2v) is 2.57. The van der Waals surface area contributed by atoms with Gasteiger partial charge in [-0.2, -0.15) is 5.26 Å². The van der Waals surface area contributed by atoms with Crippen molar-refractivity contribution in [2.24, 2.45) is 5.73 Å². The highest BCUT2D eigenvalue weighted by Crippen LogP contribution is 2.17. The molecule has 0 aromatic heterocycles. The predicted molar refractivity (Wildman–Crippen MR) is 41.9 cm³/mol. The lowest BCUT2D eigenvalue weighted by atomic mass is 10.0. The van der Waals surface area contributed by atoms with E-state index in [2.05, 4.69) is 0 Å². The fourth-order valence-corrected chi connectivity index (χ4v) is 1.18. The van der Waals surface area contributed by atoms with E-state index in [0.717, 1.165) is 5.57 Å². The van der Waals surface area contributed by atoms with Gasteiger partial charge in [0.15, 0.2) is 0 Å². The zero-order valence-corrected chi connectivity index (χ0v) is 6.67. The molecular formula is C8H10N2O2. The molecule has 0 unspecified atom stereocenters. The molecule has 1 aliphatic rings. The molecule has 0 atom stereocenters. The van der Waals surface area contributed by atoms with Gasteiger partial charge in [0.1, 0.15) is 11.6 Å². The molecule has 0 aromatic rings. The van der Waals surface area contributed by atoms with Crippen molar-refractivity contribution in [3.63, 3.8) is 0 Å². The summed E-state index contributed by atoms with van der Waals surface area (Å²) < 4.78 is 5.08. The minimum atomic E-state index is -0.630. The molecule has 1 heterocycles. The van der Waals surface area contributed by atoms with Crippen molar-refractivity contribution < 1.29 is 9.53 Å². The summed E-state index contributed by atoms with van der Waals surface area (Å²) in [5, 5.41) is 8.60. The summed E-state index contributed by atoms with van der Waals surface area (Å²) in [5.41, 5.74) is 5.96. The third kappa shape index (κ3) is 1.83. The van der Waals surface area contributed by atoms with Gasteiger partial charge in [-0.15, -0.1) is 0 Å². The lowest BCUT2D eigenvalue weighted by Crippen LogP contribution is -2.18. The maximum absolute atomic E-state index is 10.7. The van der Waals surface area contributed by atoms with Gasteiger partial charge in [0.05, 0.1) is 13.2 Å². The highest BCUT2D eigenvalue weighted by molar-refractivity contribution is 5.96. The van der Waals surface area contributed by atoms with Crippen molar-refractivity contribution in [1.82, 2.24) is 0 Å². The molecule has 1 fully saturated rings. The van der Waals surface area contributed by atoms with E-state index in [1.807, 2.05) is 6.07 Å². The third-order valence-corrected chi connectivity index (χ3v) is 1.81. The van der Waals surface area contributed by atoms with Crippen LogP contribution < -0.4 is 5.73 Å². The van der Waals surface area contributed by atoms with E-state index in [1.54, 1.807) is 0 Å². The maximum Gasteiger partial charge on any atom is 0.259 e. The van der Waals surface area contributed by atoms with E-state index in [9.17, 15) is 4.79 Å². The molecule has 64 valence electrons. The van der Waals surface area contributed by atoms with Crippen molar-refractivity contribution in [3.05, 3.63) is 11.1 Å². The van der Waals surface area contributed by atoms with Gasteiger partial charge in [-0.25, -0.2) is 0 Å². The Balaban J connectivity index is 2.84. The third-order valence-electron chi connectivity index (χ3n) is 1.81. The topological polar surface area (TPSA) is 76.1 Å². The van der Waals surface area contributed by atoms with E-state index in [4.69, 9.17) is 15.7 Å². The summed E-state index contributed by atoms with van der Waals surface area (Å²) in [6, 6.07) is 1.82. The quantitative estimate of drug-likeness (QED) is 0.443. The van der Waals surface area contributed by atoms with Gasteiger partial charge in [0.25, 0.3) is 5.91 Å². The fraction of sp³-hybridized carbons (Fsp3) is 0.500. The number of rotatable bonds is 1. The molecule has 4 heteroatoms. The molecule has 1 amide bonds. The monoisotopic (exact) mass is 166 g/mol. The van der Waals surface area contributed by atoms with E-state index in [-0.39, 0.29) is 5.57 Å². The number of hydrogen-bond donors (Lipinski definition) is 1. The van der Waals surface area contributed by atoms with Gasteiger partial charge in [-0.1, -0.05) is 0 Å². The molecule has 1 saturated heterocycles. The smallest absolute Gasteiger partial charge is 0.259 e. The SMILES string of the molecule is N#CC(C(N)=O)=C1CCOCC1. The average molecular weight is 166 g/mol. The summed E-state index contributed by atoms with van der Waals surface area (Å²) in [6.07, 6.45) is 1.29. The number of carbonyl (C=O) groups excluding carboxylic acids is 1. The summed E-state index contributed by atoms with van der Waals surface area (Å²) >= 11 is 0.